The molecule has 1 saturated carbocycles. The van der Waals surface area contributed by atoms with Crippen molar-refractivity contribution in [2.24, 2.45) is 5.92 Å². The summed E-state index contributed by atoms with van der Waals surface area (Å²) in [6, 6.07) is 9.58. The Morgan fingerprint density at radius 1 is 0.875 bits per heavy atom. The summed E-state index contributed by atoms with van der Waals surface area (Å²) in [6.45, 7) is 0.444. The molecule has 3 amide bonds. The fraction of sp³-hybridized carbons (Fsp3) is 0.500. The first-order chi connectivity index (χ1) is 11.6. The first-order valence-corrected chi connectivity index (χ1v) is 8.54. The fourth-order valence-electron chi connectivity index (χ4n) is 2.77. The van der Waals surface area contributed by atoms with Gasteiger partial charge in [-0.15, -0.1) is 0 Å². The molecule has 24 heavy (non-hydrogen) atoms. The van der Waals surface area contributed by atoms with Crippen molar-refractivity contribution in [2.45, 2.75) is 51.5 Å². The molecule has 6 nitrogen and oxygen atoms in total. The SMILES string of the molecule is O=C(CCC(=O)NNC(=O)C1CCCCC1)NCc1ccccc1. The highest BCUT2D eigenvalue weighted by atomic mass is 16.2. The highest BCUT2D eigenvalue weighted by Crippen LogP contribution is 2.23. The maximum Gasteiger partial charge on any atom is 0.241 e. The quantitative estimate of drug-likeness (QED) is 0.695. The summed E-state index contributed by atoms with van der Waals surface area (Å²) >= 11 is 0. The van der Waals surface area contributed by atoms with E-state index in [1.807, 2.05) is 30.3 Å². The zero-order valence-electron chi connectivity index (χ0n) is 13.8. The van der Waals surface area contributed by atoms with Gasteiger partial charge < -0.3 is 5.32 Å². The summed E-state index contributed by atoms with van der Waals surface area (Å²) in [5.74, 6) is -0.675. The van der Waals surface area contributed by atoms with Crippen molar-refractivity contribution in [3.63, 3.8) is 0 Å². The highest BCUT2D eigenvalue weighted by Gasteiger charge is 2.21. The summed E-state index contributed by atoms with van der Waals surface area (Å²) in [6.07, 6.45) is 5.20. The largest absolute Gasteiger partial charge is 0.352 e. The molecule has 0 saturated heterocycles. The Kier molecular flexibility index (Phi) is 7.26. The third-order valence-corrected chi connectivity index (χ3v) is 4.21. The molecule has 3 N–H and O–H groups in total. The second kappa shape index (κ2) is 9.70. The van der Waals surface area contributed by atoms with Crippen LogP contribution in [-0.4, -0.2) is 17.7 Å². The molecular formula is C18H25N3O3. The van der Waals surface area contributed by atoms with E-state index >= 15 is 0 Å². The van der Waals surface area contributed by atoms with Crippen molar-refractivity contribution in [1.82, 2.24) is 16.2 Å². The average molecular weight is 331 g/mol. The van der Waals surface area contributed by atoms with E-state index in [2.05, 4.69) is 16.2 Å². The van der Waals surface area contributed by atoms with Crippen LogP contribution in [0, 0.1) is 5.92 Å². The molecule has 0 aliphatic heterocycles. The lowest BCUT2D eigenvalue weighted by Gasteiger charge is -2.20. The maximum atomic E-state index is 11.9. The zero-order chi connectivity index (χ0) is 17.2. The molecule has 0 heterocycles. The Morgan fingerprint density at radius 2 is 1.54 bits per heavy atom. The second-order valence-electron chi connectivity index (χ2n) is 6.13. The van der Waals surface area contributed by atoms with E-state index in [1.54, 1.807) is 0 Å². The van der Waals surface area contributed by atoms with Gasteiger partial charge in [0, 0.05) is 25.3 Å². The van der Waals surface area contributed by atoms with Gasteiger partial charge >= 0.3 is 0 Å². The maximum absolute atomic E-state index is 11.9. The second-order valence-corrected chi connectivity index (χ2v) is 6.13. The van der Waals surface area contributed by atoms with E-state index in [-0.39, 0.29) is 36.5 Å². The van der Waals surface area contributed by atoms with Crippen molar-refractivity contribution in [3.8, 4) is 0 Å². The normalized spacial score (nSPS) is 14.7. The molecule has 2 rings (SSSR count). The Bertz CT molecular complexity index is 554. The number of carbonyl (C=O) groups excluding carboxylic acids is 3. The lowest BCUT2D eigenvalue weighted by molar-refractivity contribution is -0.132. The Balaban J connectivity index is 1.58. The van der Waals surface area contributed by atoms with Crippen LogP contribution in [0.3, 0.4) is 0 Å². The molecule has 1 aliphatic rings. The van der Waals surface area contributed by atoms with Crippen molar-refractivity contribution in [2.75, 3.05) is 0 Å². The number of hydrogen-bond acceptors (Lipinski definition) is 3. The van der Waals surface area contributed by atoms with Gasteiger partial charge in [0.25, 0.3) is 0 Å². The standard InChI is InChI=1S/C18H25N3O3/c22-16(19-13-14-7-3-1-4-8-14)11-12-17(23)20-21-18(24)15-9-5-2-6-10-15/h1,3-4,7-8,15H,2,5-6,9-13H2,(H,19,22)(H,20,23)(H,21,24). The van der Waals surface area contributed by atoms with Crippen molar-refractivity contribution in [3.05, 3.63) is 35.9 Å². The van der Waals surface area contributed by atoms with Gasteiger partial charge in [0.05, 0.1) is 0 Å². The molecule has 0 aromatic heterocycles. The minimum Gasteiger partial charge on any atom is -0.352 e. The monoisotopic (exact) mass is 331 g/mol. The van der Waals surface area contributed by atoms with Crippen LogP contribution >= 0.6 is 0 Å². The molecule has 0 spiro atoms. The summed E-state index contributed by atoms with van der Waals surface area (Å²) in [5, 5.41) is 2.76. The van der Waals surface area contributed by atoms with Crippen LogP contribution < -0.4 is 16.2 Å². The van der Waals surface area contributed by atoms with Crippen LogP contribution in [0.5, 0.6) is 0 Å². The molecule has 1 fully saturated rings. The Hall–Kier alpha value is -2.37. The Labute approximate surface area is 142 Å². The lowest BCUT2D eigenvalue weighted by Crippen LogP contribution is -2.45. The molecule has 6 heteroatoms. The third kappa shape index (κ3) is 6.40. The Morgan fingerprint density at radius 3 is 2.25 bits per heavy atom. The number of carbonyl (C=O) groups is 3. The van der Waals surface area contributed by atoms with Crippen molar-refractivity contribution in [1.29, 1.82) is 0 Å². The topological polar surface area (TPSA) is 87.3 Å². The van der Waals surface area contributed by atoms with Gasteiger partial charge in [0.1, 0.15) is 0 Å². The number of amides is 3. The van der Waals surface area contributed by atoms with Gasteiger partial charge in [-0.3, -0.25) is 25.2 Å². The number of hydrogen-bond donors (Lipinski definition) is 3. The van der Waals surface area contributed by atoms with E-state index in [0.29, 0.717) is 6.54 Å². The lowest BCUT2D eigenvalue weighted by atomic mass is 9.89. The van der Waals surface area contributed by atoms with Gasteiger partial charge in [-0.2, -0.15) is 0 Å². The number of benzene rings is 1. The summed E-state index contributed by atoms with van der Waals surface area (Å²) in [4.78, 5) is 35.3. The van der Waals surface area contributed by atoms with E-state index < -0.39 is 0 Å². The molecular weight excluding hydrogens is 306 g/mol. The van der Waals surface area contributed by atoms with E-state index in [4.69, 9.17) is 0 Å². The average Bonchev–Trinajstić information content (AvgIpc) is 2.64. The first-order valence-electron chi connectivity index (χ1n) is 8.54. The van der Waals surface area contributed by atoms with Gasteiger partial charge in [-0.1, -0.05) is 49.6 Å². The van der Waals surface area contributed by atoms with Crippen LogP contribution in [0.15, 0.2) is 30.3 Å². The molecule has 0 atom stereocenters. The van der Waals surface area contributed by atoms with Gasteiger partial charge in [-0.05, 0) is 18.4 Å². The van der Waals surface area contributed by atoms with Gasteiger partial charge in [-0.25, -0.2) is 0 Å². The van der Waals surface area contributed by atoms with E-state index in [9.17, 15) is 14.4 Å². The van der Waals surface area contributed by atoms with E-state index in [0.717, 1.165) is 31.2 Å². The number of rotatable bonds is 6. The fourth-order valence-corrected chi connectivity index (χ4v) is 2.77. The molecule has 0 unspecified atom stereocenters. The van der Waals surface area contributed by atoms with Crippen LogP contribution in [-0.2, 0) is 20.9 Å². The molecule has 0 bridgehead atoms. The minimum absolute atomic E-state index is 0.00628. The van der Waals surface area contributed by atoms with Crippen molar-refractivity contribution >= 4 is 17.7 Å². The van der Waals surface area contributed by atoms with Crippen LogP contribution in [0.25, 0.3) is 0 Å². The van der Waals surface area contributed by atoms with Crippen LogP contribution in [0.4, 0.5) is 0 Å². The molecule has 1 aromatic carbocycles. The van der Waals surface area contributed by atoms with Gasteiger partial charge in [0.2, 0.25) is 17.7 Å². The predicted octanol–water partition coefficient (Wildman–Crippen LogP) is 1.81. The smallest absolute Gasteiger partial charge is 0.241 e. The van der Waals surface area contributed by atoms with Crippen LogP contribution in [0.1, 0.15) is 50.5 Å². The summed E-state index contributed by atoms with van der Waals surface area (Å²) in [7, 11) is 0. The summed E-state index contributed by atoms with van der Waals surface area (Å²) < 4.78 is 0. The van der Waals surface area contributed by atoms with Crippen LogP contribution in [0.2, 0.25) is 0 Å². The molecule has 1 aromatic rings. The van der Waals surface area contributed by atoms with Gasteiger partial charge in [0.15, 0.2) is 0 Å². The molecule has 1 aliphatic carbocycles. The first kappa shape index (κ1) is 18.0. The molecule has 0 radical (unpaired) electrons. The number of hydrazine groups is 1. The molecule has 130 valence electrons. The van der Waals surface area contributed by atoms with E-state index in [1.165, 1.54) is 6.42 Å². The third-order valence-electron chi connectivity index (χ3n) is 4.21. The van der Waals surface area contributed by atoms with Crippen molar-refractivity contribution < 1.29 is 14.4 Å². The minimum atomic E-state index is -0.353. The number of nitrogens with one attached hydrogen (secondary N) is 3. The zero-order valence-corrected chi connectivity index (χ0v) is 13.8. The predicted molar refractivity (Wildman–Crippen MR) is 90.4 cm³/mol. The highest BCUT2D eigenvalue weighted by molar-refractivity contribution is 5.86. The summed E-state index contributed by atoms with van der Waals surface area (Å²) in [5.41, 5.74) is 5.86.